The number of aliphatic hydroxyl groups is 1. The van der Waals surface area contributed by atoms with Crippen molar-refractivity contribution in [3.05, 3.63) is 34.9 Å². The van der Waals surface area contributed by atoms with Gasteiger partial charge >= 0.3 is 4.83 Å². The molecule has 1 atom stereocenters. The standard InChI is InChI=1S/C11H10BrClF2O/c12-11(14,15)10(16,7-1-2-7)8-3-5-9(13)6-4-8/h3-7,16H,1-2H2. The van der Waals surface area contributed by atoms with Crippen molar-refractivity contribution >= 4 is 27.5 Å². The zero-order valence-electron chi connectivity index (χ0n) is 8.26. The number of rotatable bonds is 3. The Bertz CT molecular complexity index is 386. The highest BCUT2D eigenvalue weighted by molar-refractivity contribution is 9.10. The summed E-state index contributed by atoms with van der Waals surface area (Å²) in [7, 11) is 0. The van der Waals surface area contributed by atoms with E-state index in [1.165, 1.54) is 24.3 Å². The van der Waals surface area contributed by atoms with Crippen LogP contribution in [0.2, 0.25) is 5.02 Å². The first-order chi connectivity index (χ1) is 7.35. The molecule has 1 unspecified atom stereocenters. The van der Waals surface area contributed by atoms with Gasteiger partial charge in [0.05, 0.1) is 0 Å². The van der Waals surface area contributed by atoms with Gasteiger partial charge in [0.25, 0.3) is 0 Å². The van der Waals surface area contributed by atoms with Gasteiger partial charge < -0.3 is 5.11 Å². The molecule has 0 aliphatic heterocycles. The number of halogens is 4. The first kappa shape index (κ1) is 12.3. The molecule has 1 aliphatic rings. The highest BCUT2D eigenvalue weighted by atomic mass is 79.9. The zero-order valence-corrected chi connectivity index (χ0v) is 10.6. The van der Waals surface area contributed by atoms with Gasteiger partial charge in [0.15, 0.2) is 5.60 Å². The number of benzene rings is 1. The molecule has 0 aromatic heterocycles. The minimum atomic E-state index is -3.34. The molecule has 0 amide bonds. The molecule has 0 radical (unpaired) electrons. The third kappa shape index (κ3) is 1.98. The van der Waals surface area contributed by atoms with Gasteiger partial charge in [-0.05, 0) is 52.4 Å². The summed E-state index contributed by atoms with van der Waals surface area (Å²) in [6.45, 7) is 0. The molecule has 0 spiro atoms. The van der Waals surface area contributed by atoms with Crippen molar-refractivity contribution in [3.8, 4) is 0 Å². The first-order valence-electron chi connectivity index (χ1n) is 4.91. The predicted octanol–water partition coefficient (Wildman–Crippen LogP) is 3.93. The topological polar surface area (TPSA) is 20.2 Å². The van der Waals surface area contributed by atoms with E-state index < -0.39 is 16.4 Å². The van der Waals surface area contributed by atoms with Gasteiger partial charge in [-0.3, -0.25) is 0 Å². The Morgan fingerprint density at radius 1 is 1.25 bits per heavy atom. The van der Waals surface area contributed by atoms with Crippen molar-refractivity contribution in [2.24, 2.45) is 5.92 Å². The van der Waals surface area contributed by atoms with E-state index in [4.69, 9.17) is 11.6 Å². The van der Waals surface area contributed by atoms with Crippen LogP contribution in [0.25, 0.3) is 0 Å². The van der Waals surface area contributed by atoms with E-state index in [0.29, 0.717) is 17.9 Å². The average molecular weight is 312 g/mol. The molecule has 1 saturated carbocycles. The Kier molecular flexibility index (Phi) is 3.01. The van der Waals surface area contributed by atoms with Crippen LogP contribution < -0.4 is 0 Å². The van der Waals surface area contributed by atoms with Gasteiger partial charge in [0, 0.05) is 5.02 Å². The molecule has 16 heavy (non-hydrogen) atoms. The van der Waals surface area contributed by atoms with Crippen LogP contribution in [0.3, 0.4) is 0 Å². The van der Waals surface area contributed by atoms with E-state index >= 15 is 0 Å². The summed E-state index contributed by atoms with van der Waals surface area (Å²) in [4.78, 5) is -3.34. The van der Waals surface area contributed by atoms with E-state index in [1.807, 2.05) is 0 Å². The molecule has 0 heterocycles. The third-order valence-corrected chi connectivity index (χ3v) is 3.74. The molecule has 0 saturated heterocycles. The van der Waals surface area contributed by atoms with Gasteiger partial charge in [0.1, 0.15) is 0 Å². The van der Waals surface area contributed by atoms with E-state index in [9.17, 15) is 13.9 Å². The van der Waals surface area contributed by atoms with Crippen molar-refractivity contribution < 1.29 is 13.9 Å². The second-order valence-electron chi connectivity index (χ2n) is 4.05. The third-order valence-electron chi connectivity index (χ3n) is 2.88. The molecule has 1 N–H and O–H groups in total. The van der Waals surface area contributed by atoms with Crippen molar-refractivity contribution in [2.75, 3.05) is 0 Å². The van der Waals surface area contributed by atoms with Crippen LogP contribution in [0.15, 0.2) is 24.3 Å². The average Bonchev–Trinajstić information content (AvgIpc) is 2.99. The minimum Gasteiger partial charge on any atom is -0.378 e. The molecule has 5 heteroatoms. The summed E-state index contributed by atoms with van der Waals surface area (Å²) in [6, 6.07) is 5.89. The van der Waals surface area contributed by atoms with Gasteiger partial charge in [-0.25, -0.2) is 0 Å². The molecule has 1 aromatic carbocycles. The number of hydrogen-bond acceptors (Lipinski definition) is 1. The fourth-order valence-corrected chi connectivity index (χ4v) is 2.51. The van der Waals surface area contributed by atoms with Crippen LogP contribution in [0, 0.1) is 5.92 Å². The summed E-state index contributed by atoms with van der Waals surface area (Å²) < 4.78 is 27.0. The van der Waals surface area contributed by atoms with Crippen molar-refractivity contribution in [1.82, 2.24) is 0 Å². The summed E-state index contributed by atoms with van der Waals surface area (Å²) in [5.74, 6) is -0.400. The van der Waals surface area contributed by atoms with E-state index in [1.54, 1.807) is 0 Å². The van der Waals surface area contributed by atoms with E-state index in [-0.39, 0.29) is 5.56 Å². The maximum absolute atomic E-state index is 13.5. The maximum Gasteiger partial charge on any atom is 0.333 e. The van der Waals surface area contributed by atoms with Gasteiger partial charge in [0.2, 0.25) is 0 Å². The lowest BCUT2D eigenvalue weighted by Crippen LogP contribution is -2.43. The monoisotopic (exact) mass is 310 g/mol. The van der Waals surface area contributed by atoms with Crippen molar-refractivity contribution in [3.63, 3.8) is 0 Å². The summed E-state index contributed by atoms with van der Waals surface area (Å²) >= 11 is 7.97. The maximum atomic E-state index is 13.5. The lowest BCUT2D eigenvalue weighted by atomic mass is 9.89. The normalized spacial score (nSPS) is 20.6. The molecule has 0 bridgehead atoms. The van der Waals surface area contributed by atoms with Crippen LogP contribution in [0.4, 0.5) is 8.78 Å². The number of hydrogen-bond donors (Lipinski definition) is 1. The fraction of sp³-hybridized carbons (Fsp3) is 0.455. The van der Waals surface area contributed by atoms with Crippen LogP contribution >= 0.6 is 27.5 Å². The number of alkyl halides is 3. The van der Waals surface area contributed by atoms with E-state index in [2.05, 4.69) is 15.9 Å². The zero-order chi connectivity index (χ0) is 12.0. The van der Waals surface area contributed by atoms with Crippen molar-refractivity contribution in [1.29, 1.82) is 0 Å². The Morgan fingerprint density at radius 2 is 1.75 bits per heavy atom. The van der Waals surface area contributed by atoms with Gasteiger partial charge in [-0.2, -0.15) is 8.78 Å². The lowest BCUT2D eigenvalue weighted by Gasteiger charge is -2.33. The Morgan fingerprint density at radius 3 is 2.12 bits per heavy atom. The van der Waals surface area contributed by atoms with Crippen LogP contribution in [0.1, 0.15) is 18.4 Å². The summed E-state index contributed by atoms with van der Waals surface area (Å²) in [5, 5.41) is 10.7. The Hall–Kier alpha value is -0.190. The Labute approximate surface area is 106 Å². The predicted molar refractivity (Wildman–Crippen MR) is 61.9 cm³/mol. The highest BCUT2D eigenvalue weighted by Crippen LogP contribution is 2.55. The minimum absolute atomic E-state index is 0.196. The van der Waals surface area contributed by atoms with Gasteiger partial charge in [-0.1, -0.05) is 23.7 Å². The highest BCUT2D eigenvalue weighted by Gasteiger charge is 2.60. The quantitative estimate of drug-likeness (QED) is 0.839. The van der Waals surface area contributed by atoms with Crippen LogP contribution in [-0.4, -0.2) is 9.94 Å². The molecule has 1 nitrogen and oxygen atoms in total. The van der Waals surface area contributed by atoms with E-state index in [0.717, 1.165) is 0 Å². The van der Waals surface area contributed by atoms with Crippen LogP contribution in [-0.2, 0) is 5.60 Å². The van der Waals surface area contributed by atoms with Gasteiger partial charge in [-0.15, -0.1) is 0 Å². The molecule has 2 rings (SSSR count). The molecular formula is C11H10BrClF2O. The second-order valence-corrected chi connectivity index (χ2v) is 5.48. The largest absolute Gasteiger partial charge is 0.378 e. The smallest absolute Gasteiger partial charge is 0.333 e. The SMILES string of the molecule is OC(c1ccc(Cl)cc1)(C1CC1)C(F)(F)Br. The second kappa shape index (κ2) is 3.93. The summed E-state index contributed by atoms with van der Waals surface area (Å²) in [6.07, 6.45) is 1.22. The molecule has 1 fully saturated rings. The molecule has 1 aliphatic carbocycles. The molecule has 88 valence electrons. The molecule has 1 aromatic rings. The van der Waals surface area contributed by atoms with Crippen molar-refractivity contribution in [2.45, 2.75) is 23.3 Å². The lowest BCUT2D eigenvalue weighted by molar-refractivity contribution is -0.136. The van der Waals surface area contributed by atoms with Crippen LogP contribution in [0.5, 0.6) is 0 Å². The fourth-order valence-electron chi connectivity index (χ4n) is 1.84. The summed E-state index contributed by atoms with van der Waals surface area (Å²) in [5.41, 5.74) is -1.95. The first-order valence-corrected chi connectivity index (χ1v) is 6.08. The Balaban J connectivity index is 2.43. The molecular weight excluding hydrogens is 301 g/mol.